The van der Waals surface area contributed by atoms with Gasteiger partial charge >= 0.3 is 0 Å². The predicted octanol–water partition coefficient (Wildman–Crippen LogP) is 1.70. The number of hydrogen-bond acceptors (Lipinski definition) is 3. The van der Waals surface area contributed by atoms with E-state index in [1.807, 2.05) is 0 Å². The SMILES string of the molecule is CCCOCCCNC(=O)C1(CCC)CCNC1. The third kappa shape index (κ3) is 4.58. The van der Waals surface area contributed by atoms with Crippen LogP contribution in [0.25, 0.3) is 0 Å². The van der Waals surface area contributed by atoms with Gasteiger partial charge in [0.25, 0.3) is 0 Å². The molecule has 0 aromatic rings. The lowest BCUT2D eigenvalue weighted by molar-refractivity contribution is -0.130. The Morgan fingerprint density at radius 1 is 1.33 bits per heavy atom. The van der Waals surface area contributed by atoms with Gasteiger partial charge in [-0.3, -0.25) is 4.79 Å². The highest BCUT2D eigenvalue weighted by Gasteiger charge is 2.39. The topological polar surface area (TPSA) is 50.4 Å². The van der Waals surface area contributed by atoms with Gasteiger partial charge in [-0.15, -0.1) is 0 Å². The predicted molar refractivity (Wildman–Crippen MR) is 73.6 cm³/mol. The number of amides is 1. The van der Waals surface area contributed by atoms with Crippen LogP contribution in [0.15, 0.2) is 0 Å². The lowest BCUT2D eigenvalue weighted by Crippen LogP contribution is -2.43. The molecule has 1 heterocycles. The molecule has 1 fully saturated rings. The van der Waals surface area contributed by atoms with Crippen molar-refractivity contribution >= 4 is 5.91 Å². The first kappa shape index (κ1) is 15.4. The lowest BCUT2D eigenvalue weighted by atomic mass is 9.81. The Morgan fingerprint density at radius 3 is 2.78 bits per heavy atom. The number of rotatable bonds is 9. The minimum atomic E-state index is -0.154. The Bertz CT molecular complexity index is 238. The number of hydrogen-bond donors (Lipinski definition) is 2. The molecule has 1 unspecified atom stereocenters. The number of nitrogens with one attached hydrogen (secondary N) is 2. The molecule has 1 saturated heterocycles. The highest BCUT2D eigenvalue weighted by Crippen LogP contribution is 2.31. The van der Waals surface area contributed by atoms with E-state index in [4.69, 9.17) is 4.74 Å². The maximum absolute atomic E-state index is 12.3. The number of carbonyl (C=O) groups is 1. The monoisotopic (exact) mass is 256 g/mol. The maximum Gasteiger partial charge on any atom is 0.227 e. The summed E-state index contributed by atoms with van der Waals surface area (Å²) >= 11 is 0. The second kappa shape index (κ2) is 8.48. The molecule has 1 amide bonds. The van der Waals surface area contributed by atoms with E-state index in [9.17, 15) is 4.79 Å². The third-order valence-corrected chi connectivity index (χ3v) is 3.55. The lowest BCUT2D eigenvalue weighted by Gasteiger charge is -2.26. The highest BCUT2D eigenvalue weighted by molar-refractivity contribution is 5.83. The second-order valence-electron chi connectivity index (χ2n) is 5.18. The first-order chi connectivity index (χ1) is 8.75. The van der Waals surface area contributed by atoms with Crippen molar-refractivity contribution in [1.29, 1.82) is 0 Å². The Morgan fingerprint density at radius 2 is 2.17 bits per heavy atom. The van der Waals surface area contributed by atoms with Crippen LogP contribution in [0, 0.1) is 5.41 Å². The van der Waals surface area contributed by atoms with Crippen molar-refractivity contribution in [2.45, 2.75) is 46.0 Å². The molecule has 0 radical (unpaired) electrons. The Labute approximate surface area is 111 Å². The highest BCUT2D eigenvalue weighted by atomic mass is 16.5. The Kier molecular flexibility index (Phi) is 7.28. The van der Waals surface area contributed by atoms with Gasteiger partial charge in [0.1, 0.15) is 0 Å². The summed E-state index contributed by atoms with van der Waals surface area (Å²) in [5.74, 6) is 0.227. The van der Waals surface area contributed by atoms with Gasteiger partial charge in [0.05, 0.1) is 5.41 Å². The second-order valence-corrected chi connectivity index (χ2v) is 5.18. The molecule has 18 heavy (non-hydrogen) atoms. The quantitative estimate of drug-likeness (QED) is 0.617. The van der Waals surface area contributed by atoms with E-state index < -0.39 is 0 Å². The van der Waals surface area contributed by atoms with Gasteiger partial charge in [0.2, 0.25) is 5.91 Å². The van der Waals surface area contributed by atoms with E-state index in [1.54, 1.807) is 0 Å². The molecule has 1 aliphatic rings. The molecule has 0 aromatic heterocycles. The van der Waals surface area contributed by atoms with Crippen LogP contribution < -0.4 is 10.6 Å². The van der Waals surface area contributed by atoms with Crippen molar-refractivity contribution in [2.24, 2.45) is 5.41 Å². The van der Waals surface area contributed by atoms with E-state index in [1.165, 1.54) is 0 Å². The molecule has 106 valence electrons. The molecule has 0 aliphatic carbocycles. The van der Waals surface area contributed by atoms with E-state index in [0.717, 1.165) is 65.0 Å². The minimum absolute atomic E-state index is 0.154. The van der Waals surface area contributed by atoms with Gasteiger partial charge in [-0.25, -0.2) is 0 Å². The molecular weight excluding hydrogens is 228 g/mol. The summed E-state index contributed by atoms with van der Waals surface area (Å²) in [4.78, 5) is 12.3. The van der Waals surface area contributed by atoms with Crippen molar-refractivity contribution in [3.8, 4) is 0 Å². The van der Waals surface area contributed by atoms with E-state index in [-0.39, 0.29) is 11.3 Å². The van der Waals surface area contributed by atoms with Gasteiger partial charge in [-0.05, 0) is 32.2 Å². The smallest absolute Gasteiger partial charge is 0.227 e. The molecule has 0 spiro atoms. The van der Waals surface area contributed by atoms with Crippen LogP contribution in [0.5, 0.6) is 0 Å². The van der Waals surface area contributed by atoms with Crippen LogP contribution >= 0.6 is 0 Å². The van der Waals surface area contributed by atoms with E-state index in [2.05, 4.69) is 24.5 Å². The summed E-state index contributed by atoms with van der Waals surface area (Å²) in [6.45, 7) is 8.33. The van der Waals surface area contributed by atoms with Crippen LogP contribution in [-0.2, 0) is 9.53 Å². The zero-order valence-electron chi connectivity index (χ0n) is 11.9. The fourth-order valence-electron chi connectivity index (χ4n) is 2.55. The van der Waals surface area contributed by atoms with E-state index in [0.29, 0.717) is 0 Å². The summed E-state index contributed by atoms with van der Waals surface area (Å²) in [6, 6.07) is 0. The van der Waals surface area contributed by atoms with Gasteiger partial charge in [0, 0.05) is 26.3 Å². The van der Waals surface area contributed by atoms with Crippen molar-refractivity contribution in [1.82, 2.24) is 10.6 Å². The fourth-order valence-corrected chi connectivity index (χ4v) is 2.55. The Balaban J connectivity index is 2.21. The summed E-state index contributed by atoms with van der Waals surface area (Å²) < 4.78 is 5.40. The van der Waals surface area contributed by atoms with Crippen molar-refractivity contribution in [3.63, 3.8) is 0 Å². The van der Waals surface area contributed by atoms with Crippen molar-refractivity contribution in [2.75, 3.05) is 32.8 Å². The maximum atomic E-state index is 12.3. The molecule has 4 heteroatoms. The molecule has 1 aliphatic heterocycles. The van der Waals surface area contributed by atoms with E-state index >= 15 is 0 Å². The van der Waals surface area contributed by atoms with Crippen LogP contribution in [0.3, 0.4) is 0 Å². The molecule has 1 atom stereocenters. The summed E-state index contributed by atoms with van der Waals surface area (Å²) in [5.41, 5.74) is -0.154. The van der Waals surface area contributed by atoms with Crippen LogP contribution in [0.4, 0.5) is 0 Å². The first-order valence-corrected chi connectivity index (χ1v) is 7.32. The largest absolute Gasteiger partial charge is 0.381 e. The van der Waals surface area contributed by atoms with Gasteiger partial charge < -0.3 is 15.4 Å². The Hall–Kier alpha value is -0.610. The molecule has 2 N–H and O–H groups in total. The summed E-state index contributed by atoms with van der Waals surface area (Å²) in [5, 5.41) is 6.38. The average molecular weight is 256 g/mol. The van der Waals surface area contributed by atoms with Crippen LogP contribution in [0.2, 0.25) is 0 Å². The zero-order valence-corrected chi connectivity index (χ0v) is 11.9. The minimum Gasteiger partial charge on any atom is -0.381 e. The summed E-state index contributed by atoms with van der Waals surface area (Å²) in [7, 11) is 0. The molecule has 0 saturated carbocycles. The fraction of sp³-hybridized carbons (Fsp3) is 0.929. The average Bonchev–Trinajstić information content (AvgIpc) is 2.83. The van der Waals surface area contributed by atoms with Crippen LogP contribution in [0.1, 0.15) is 46.0 Å². The molecule has 0 bridgehead atoms. The first-order valence-electron chi connectivity index (χ1n) is 7.32. The molecule has 4 nitrogen and oxygen atoms in total. The van der Waals surface area contributed by atoms with Gasteiger partial charge in [-0.2, -0.15) is 0 Å². The summed E-state index contributed by atoms with van der Waals surface area (Å²) in [6.07, 6.45) is 4.98. The van der Waals surface area contributed by atoms with Crippen molar-refractivity contribution in [3.05, 3.63) is 0 Å². The molecular formula is C14H28N2O2. The van der Waals surface area contributed by atoms with Gasteiger partial charge in [-0.1, -0.05) is 20.3 Å². The van der Waals surface area contributed by atoms with Crippen molar-refractivity contribution < 1.29 is 9.53 Å². The molecule has 0 aromatic carbocycles. The zero-order chi connectivity index (χ0) is 13.3. The number of ether oxygens (including phenoxy) is 1. The van der Waals surface area contributed by atoms with Gasteiger partial charge in [0.15, 0.2) is 0 Å². The standard InChI is InChI=1S/C14H28N2O2/c1-3-6-14(7-9-15-12-14)13(17)16-8-5-11-18-10-4-2/h15H,3-12H2,1-2H3,(H,16,17). The molecule has 1 rings (SSSR count). The number of carbonyl (C=O) groups excluding carboxylic acids is 1. The normalized spacial score (nSPS) is 23.2. The van der Waals surface area contributed by atoms with Crippen LogP contribution in [-0.4, -0.2) is 38.8 Å². The third-order valence-electron chi connectivity index (χ3n) is 3.55.